The summed E-state index contributed by atoms with van der Waals surface area (Å²) in [7, 11) is 2.78. The molecule has 0 atom stereocenters. The number of nitro benzene ring substituents is 1. The Bertz CT molecular complexity index is 430. The van der Waals surface area contributed by atoms with Gasteiger partial charge in [0.15, 0.2) is 11.5 Å². The van der Waals surface area contributed by atoms with E-state index < -0.39 is 4.92 Å². The van der Waals surface area contributed by atoms with Crippen LogP contribution in [0.15, 0.2) is 17.3 Å². The summed E-state index contributed by atoms with van der Waals surface area (Å²) in [5, 5.41) is 21.9. The maximum absolute atomic E-state index is 10.7. The normalized spacial score (nSPS) is 10.4. The first-order chi connectivity index (χ1) is 7.63. The standard InChI is InChI=1S/C9H10N2O5/c1-15-8-3-6(5-10-12)7(11(13)14)4-9(8)16-2/h3-5,12H,1-2H3. The van der Waals surface area contributed by atoms with Crippen molar-refractivity contribution in [2.24, 2.45) is 5.16 Å². The highest BCUT2D eigenvalue weighted by atomic mass is 16.6. The van der Waals surface area contributed by atoms with E-state index in [0.29, 0.717) is 5.75 Å². The van der Waals surface area contributed by atoms with Crippen LogP contribution in [0.2, 0.25) is 0 Å². The second kappa shape index (κ2) is 4.96. The van der Waals surface area contributed by atoms with Crippen molar-refractivity contribution in [3.8, 4) is 11.5 Å². The minimum Gasteiger partial charge on any atom is -0.493 e. The van der Waals surface area contributed by atoms with Gasteiger partial charge in [-0.15, -0.1) is 0 Å². The van der Waals surface area contributed by atoms with Crippen molar-refractivity contribution < 1.29 is 19.6 Å². The quantitative estimate of drug-likeness (QED) is 0.362. The van der Waals surface area contributed by atoms with Crippen LogP contribution >= 0.6 is 0 Å². The second-order valence-corrected chi connectivity index (χ2v) is 2.77. The highest BCUT2D eigenvalue weighted by Crippen LogP contribution is 2.33. The van der Waals surface area contributed by atoms with E-state index in [1.165, 1.54) is 26.4 Å². The molecular formula is C9H10N2O5. The fourth-order valence-corrected chi connectivity index (χ4v) is 1.21. The molecule has 0 aromatic heterocycles. The van der Waals surface area contributed by atoms with Crippen LogP contribution < -0.4 is 9.47 Å². The van der Waals surface area contributed by atoms with Gasteiger partial charge in [-0.05, 0) is 6.07 Å². The SMILES string of the molecule is COc1cc(C=NO)c([N+](=O)[O-])cc1OC. The molecule has 1 N–H and O–H groups in total. The Morgan fingerprint density at radius 2 is 1.94 bits per heavy atom. The number of hydrogen-bond donors (Lipinski definition) is 1. The van der Waals surface area contributed by atoms with E-state index in [1.807, 2.05) is 0 Å². The number of nitro groups is 1. The smallest absolute Gasteiger partial charge is 0.282 e. The number of oxime groups is 1. The first-order valence-electron chi connectivity index (χ1n) is 4.22. The van der Waals surface area contributed by atoms with Gasteiger partial charge >= 0.3 is 0 Å². The molecule has 0 saturated carbocycles. The van der Waals surface area contributed by atoms with Gasteiger partial charge in [-0.25, -0.2) is 0 Å². The molecule has 0 aliphatic rings. The minimum atomic E-state index is -0.598. The predicted molar refractivity (Wildman–Crippen MR) is 55.6 cm³/mol. The van der Waals surface area contributed by atoms with E-state index in [0.717, 1.165) is 6.21 Å². The third kappa shape index (κ3) is 2.19. The summed E-state index contributed by atoms with van der Waals surface area (Å²) in [5.74, 6) is 0.562. The van der Waals surface area contributed by atoms with Crippen LogP contribution in [0.3, 0.4) is 0 Å². The Labute approximate surface area is 91.0 Å². The van der Waals surface area contributed by atoms with Gasteiger partial charge in [0.05, 0.1) is 37.0 Å². The van der Waals surface area contributed by atoms with Crippen molar-refractivity contribution in [2.45, 2.75) is 0 Å². The lowest BCUT2D eigenvalue weighted by Crippen LogP contribution is -1.98. The number of methoxy groups -OCH3 is 2. The summed E-state index contributed by atoms with van der Waals surface area (Å²) in [6, 6.07) is 2.56. The van der Waals surface area contributed by atoms with Crippen molar-refractivity contribution in [2.75, 3.05) is 14.2 Å². The molecule has 0 saturated heterocycles. The zero-order valence-electron chi connectivity index (χ0n) is 8.71. The summed E-state index contributed by atoms with van der Waals surface area (Å²) in [6.07, 6.45) is 0.958. The van der Waals surface area contributed by atoms with Crippen LogP contribution in [0.5, 0.6) is 11.5 Å². The van der Waals surface area contributed by atoms with Crippen molar-refractivity contribution in [3.63, 3.8) is 0 Å². The average Bonchev–Trinajstić information content (AvgIpc) is 2.28. The molecular weight excluding hydrogens is 216 g/mol. The minimum absolute atomic E-state index is 0.130. The van der Waals surface area contributed by atoms with Crippen LogP contribution in [-0.4, -0.2) is 30.6 Å². The largest absolute Gasteiger partial charge is 0.493 e. The summed E-state index contributed by atoms with van der Waals surface area (Å²) in [4.78, 5) is 10.1. The molecule has 86 valence electrons. The molecule has 0 radical (unpaired) electrons. The molecule has 1 rings (SSSR count). The van der Waals surface area contributed by atoms with Crippen LogP contribution in [0.4, 0.5) is 5.69 Å². The second-order valence-electron chi connectivity index (χ2n) is 2.77. The van der Waals surface area contributed by atoms with Crippen molar-refractivity contribution in [3.05, 3.63) is 27.8 Å². The first-order valence-corrected chi connectivity index (χ1v) is 4.22. The molecule has 1 aromatic carbocycles. The number of hydrogen-bond acceptors (Lipinski definition) is 6. The molecule has 7 nitrogen and oxygen atoms in total. The molecule has 0 aliphatic heterocycles. The molecule has 0 amide bonds. The summed E-state index contributed by atoms with van der Waals surface area (Å²) in [5.41, 5.74) is -0.0967. The number of benzene rings is 1. The lowest BCUT2D eigenvalue weighted by atomic mass is 10.1. The maximum Gasteiger partial charge on any atom is 0.282 e. The Morgan fingerprint density at radius 1 is 1.38 bits per heavy atom. The van der Waals surface area contributed by atoms with E-state index in [9.17, 15) is 10.1 Å². The van der Waals surface area contributed by atoms with Gasteiger partial charge in [0.2, 0.25) is 0 Å². The zero-order valence-corrected chi connectivity index (χ0v) is 8.71. The molecule has 0 spiro atoms. The topological polar surface area (TPSA) is 94.2 Å². The number of ether oxygens (including phenoxy) is 2. The van der Waals surface area contributed by atoms with Gasteiger partial charge in [-0.1, -0.05) is 5.16 Å². The summed E-state index contributed by atoms with van der Waals surface area (Å²) in [6.45, 7) is 0. The van der Waals surface area contributed by atoms with E-state index >= 15 is 0 Å². The van der Waals surface area contributed by atoms with Gasteiger partial charge in [-0.2, -0.15) is 0 Å². The van der Waals surface area contributed by atoms with E-state index in [4.69, 9.17) is 14.7 Å². The fraction of sp³-hybridized carbons (Fsp3) is 0.222. The third-order valence-electron chi connectivity index (χ3n) is 1.93. The van der Waals surface area contributed by atoms with Gasteiger partial charge in [0.1, 0.15) is 0 Å². The van der Waals surface area contributed by atoms with E-state index in [1.54, 1.807) is 0 Å². The fourth-order valence-electron chi connectivity index (χ4n) is 1.21. The van der Waals surface area contributed by atoms with Gasteiger partial charge in [0.25, 0.3) is 5.69 Å². The van der Waals surface area contributed by atoms with Crippen LogP contribution in [0.25, 0.3) is 0 Å². The number of nitrogens with zero attached hydrogens (tertiary/aromatic N) is 2. The molecule has 0 fully saturated rings. The van der Waals surface area contributed by atoms with Crippen LogP contribution in [0.1, 0.15) is 5.56 Å². The Kier molecular flexibility index (Phi) is 3.65. The van der Waals surface area contributed by atoms with Crippen LogP contribution in [-0.2, 0) is 0 Å². The van der Waals surface area contributed by atoms with Crippen LogP contribution in [0, 0.1) is 10.1 Å². The highest BCUT2D eigenvalue weighted by Gasteiger charge is 2.18. The van der Waals surface area contributed by atoms with E-state index in [2.05, 4.69) is 5.16 Å². The Balaban J connectivity index is 3.41. The molecule has 0 bridgehead atoms. The zero-order chi connectivity index (χ0) is 12.1. The average molecular weight is 226 g/mol. The summed E-state index contributed by atoms with van der Waals surface area (Å²) >= 11 is 0. The summed E-state index contributed by atoms with van der Waals surface area (Å²) < 4.78 is 9.89. The van der Waals surface area contributed by atoms with E-state index in [-0.39, 0.29) is 17.0 Å². The van der Waals surface area contributed by atoms with Crippen molar-refractivity contribution in [1.29, 1.82) is 0 Å². The maximum atomic E-state index is 10.7. The lowest BCUT2D eigenvalue weighted by Gasteiger charge is -2.08. The molecule has 0 unspecified atom stereocenters. The third-order valence-corrected chi connectivity index (χ3v) is 1.93. The van der Waals surface area contributed by atoms with Crippen molar-refractivity contribution in [1.82, 2.24) is 0 Å². The molecule has 7 heteroatoms. The molecule has 0 heterocycles. The predicted octanol–water partition coefficient (Wildman–Crippen LogP) is 1.42. The highest BCUT2D eigenvalue weighted by molar-refractivity contribution is 5.86. The van der Waals surface area contributed by atoms with Gasteiger partial charge < -0.3 is 14.7 Å². The number of rotatable bonds is 4. The monoisotopic (exact) mass is 226 g/mol. The van der Waals surface area contributed by atoms with Crippen molar-refractivity contribution >= 4 is 11.9 Å². The lowest BCUT2D eigenvalue weighted by molar-refractivity contribution is -0.385. The molecule has 0 aliphatic carbocycles. The Morgan fingerprint density at radius 3 is 2.38 bits per heavy atom. The Hall–Kier alpha value is -2.31. The first kappa shape index (κ1) is 11.8. The molecule has 16 heavy (non-hydrogen) atoms. The molecule has 1 aromatic rings. The van der Waals surface area contributed by atoms with Gasteiger partial charge in [0, 0.05) is 0 Å². The van der Waals surface area contributed by atoms with Gasteiger partial charge in [-0.3, -0.25) is 10.1 Å².